The Labute approximate surface area is 160 Å². The third kappa shape index (κ3) is 3.24. The Morgan fingerprint density at radius 2 is 1.86 bits per heavy atom. The summed E-state index contributed by atoms with van der Waals surface area (Å²) in [6.07, 6.45) is 0. The fourth-order valence-electron chi connectivity index (χ4n) is 3.11. The number of rotatable bonds is 5. The number of para-hydroxylation sites is 1. The Morgan fingerprint density at radius 1 is 1.04 bits per heavy atom. The summed E-state index contributed by atoms with van der Waals surface area (Å²) in [5, 5.41) is 1.32. The van der Waals surface area contributed by atoms with Gasteiger partial charge in [-0.1, -0.05) is 18.2 Å². The molecule has 0 aliphatic carbocycles. The molecular formula is C22H18O6. The highest BCUT2D eigenvalue weighted by Gasteiger charge is 2.18. The number of ether oxygens (including phenoxy) is 2. The van der Waals surface area contributed by atoms with E-state index in [-0.39, 0.29) is 12.0 Å². The summed E-state index contributed by atoms with van der Waals surface area (Å²) in [5.74, 6) is 0.871. The van der Waals surface area contributed by atoms with Crippen molar-refractivity contribution in [3.05, 3.63) is 64.5 Å². The van der Waals surface area contributed by atoms with Crippen molar-refractivity contribution in [1.82, 2.24) is 0 Å². The topological polar surface area (TPSA) is 78.9 Å². The lowest BCUT2D eigenvalue weighted by atomic mass is 10.1. The Bertz CT molecular complexity index is 1200. The monoisotopic (exact) mass is 378 g/mol. The Balaban J connectivity index is 1.73. The molecule has 0 fully saturated rings. The molecule has 0 aliphatic heterocycles. The lowest BCUT2D eigenvalue weighted by molar-refractivity contribution is -0.145. The molecule has 4 rings (SSSR count). The van der Waals surface area contributed by atoms with E-state index < -0.39 is 5.97 Å². The number of fused-ring (bicyclic) bond motifs is 2. The van der Waals surface area contributed by atoms with Gasteiger partial charge >= 0.3 is 5.97 Å². The third-order valence-electron chi connectivity index (χ3n) is 4.37. The normalized spacial score (nSPS) is 11.1. The third-order valence-corrected chi connectivity index (χ3v) is 4.37. The van der Waals surface area contributed by atoms with Crippen molar-refractivity contribution in [1.29, 1.82) is 0 Å². The van der Waals surface area contributed by atoms with Crippen molar-refractivity contribution >= 4 is 27.9 Å². The fourth-order valence-corrected chi connectivity index (χ4v) is 3.11. The van der Waals surface area contributed by atoms with Gasteiger partial charge in [0.05, 0.1) is 12.0 Å². The molecule has 142 valence electrons. The molecule has 6 nitrogen and oxygen atoms in total. The molecular weight excluding hydrogens is 360 g/mol. The number of aryl methyl sites for hydroxylation is 1. The predicted molar refractivity (Wildman–Crippen MR) is 105 cm³/mol. The second-order valence-corrected chi connectivity index (χ2v) is 6.26. The molecule has 2 aromatic heterocycles. The first-order valence-electron chi connectivity index (χ1n) is 8.91. The first-order valence-corrected chi connectivity index (χ1v) is 8.91. The minimum Gasteiger partial charge on any atom is -0.482 e. The van der Waals surface area contributed by atoms with E-state index in [9.17, 15) is 9.59 Å². The molecule has 0 saturated heterocycles. The molecule has 0 spiro atoms. The van der Waals surface area contributed by atoms with Crippen LogP contribution >= 0.6 is 0 Å². The minimum absolute atomic E-state index is 0.185. The van der Waals surface area contributed by atoms with E-state index >= 15 is 0 Å². The minimum atomic E-state index is -0.458. The van der Waals surface area contributed by atoms with Crippen molar-refractivity contribution in [3.8, 4) is 17.1 Å². The molecule has 2 aromatic carbocycles. The van der Waals surface area contributed by atoms with Crippen LogP contribution in [0.25, 0.3) is 33.3 Å². The van der Waals surface area contributed by atoms with Gasteiger partial charge in [-0.05, 0) is 38.1 Å². The van der Waals surface area contributed by atoms with Crippen LogP contribution < -0.4 is 10.2 Å². The van der Waals surface area contributed by atoms with Crippen LogP contribution in [0.3, 0.4) is 0 Å². The second kappa shape index (κ2) is 7.23. The summed E-state index contributed by atoms with van der Waals surface area (Å²) in [4.78, 5) is 24.5. The van der Waals surface area contributed by atoms with Gasteiger partial charge in [-0.3, -0.25) is 4.79 Å². The highest BCUT2D eigenvalue weighted by atomic mass is 16.6. The molecule has 0 radical (unpaired) electrons. The standard InChI is InChI=1S/C22H18O6/c1-3-25-20(23)12-26-15-8-9-16-18(11-15)27-13(2)21(22(16)24)19-10-14-6-4-5-7-17(14)28-19/h4-11H,3,12H2,1-2H3. The van der Waals surface area contributed by atoms with Crippen molar-refractivity contribution in [2.75, 3.05) is 13.2 Å². The smallest absolute Gasteiger partial charge is 0.344 e. The summed E-state index contributed by atoms with van der Waals surface area (Å²) in [7, 11) is 0. The molecule has 0 N–H and O–H groups in total. The lowest BCUT2D eigenvalue weighted by Gasteiger charge is -2.08. The molecule has 0 amide bonds. The van der Waals surface area contributed by atoms with Crippen LogP contribution in [0.1, 0.15) is 12.7 Å². The summed E-state index contributed by atoms with van der Waals surface area (Å²) >= 11 is 0. The Hall–Kier alpha value is -3.54. The maximum absolute atomic E-state index is 13.1. The first-order chi connectivity index (χ1) is 13.6. The van der Waals surface area contributed by atoms with Gasteiger partial charge in [-0.15, -0.1) is 0 Å². The van der Waals surface area contributed by atoms with E-state index in [1.54, 1.807) is 32.0 Å². The van der Waals surface area contributed by atoms with E-state index in [0.29, 0.717) is 46.0 Å². The van der Waals surface area contributed by atoms with Crippen molar-refractivity contribution in [2.24, 2.45) is 0 Å². The quantitative estimate of drug-likeness (QED) is 0.477. The predicted octanol–water partition coefficient (Wildman–Crippen LogP) is 4.46. The van der Waals surface area contributed by atoms with Gasteiger partial charge in [-0.25, -0.2) is 4.79 Å². The molecule has 6 heteroatoms. The summed E-state index contributed by atoms with van der Waals surface area (Å²) in [5.41, 5.74) is 1.29. The first kappa shape index (κ1) is 17.9. The summed E-state index contributed by atoms with van der Waals surface area (Å²) in [6.45, 7) is 3.53. The average molecular weight is 378 g/mol. The van der Waals surface area contributed by atoms with E-state index in [1.165, 1.54) is 0 Å². The van der Waals surface area contributed by atoms with E-state index in [2.05, 4.69) is 0 Å². The van der Waals surface area contributed by atoms with Crippen LogP contribution in [0.4, 0.5) is 0 Å². The highest BCUT2D eigenvalue weighted by Crippen LogP contribution is 2.30. The number of carbonyl (C=O) groups is 1. The molecule has 0 atom stereocenters. The maximum Gasteiger partial charge on any atom is 0.344 e. The van der Waals surface area contributed by atoms with Crippen LogP contribution in [0.5, 0.6) is 5.75 Å². The summed E-state index contributed by atoms with van der Waals surface area (Å²) in [6, 6.07) is 14.2. The van der Waals surface area contributed by atoms with Crippen LogP contribution in [0.2, 0.25) is 0 Å². The van der Waals surface area contributed by atoms with Gasteiger partial charge in [-0.2, -0.15) is 0 Å². The van der Waals surface area contributed by atoms with Crippen molar-refractivity contribution < 1.29 is 23.1 Å². The zero-order valence-corrected chi connectivity index (χ0v) is 15.5. The van der Waals surface area contributed by atoms with Crippen molar-refractivity contribution in [3.63, 3.8) is 0 Å². The number of hydrogen-bond donors (Lipinski definition) is 0. The maximum atomic E-state index is 13.1. The molecule has 4 aromatic rings. The van der Waals surface area contributed by atoms with Crippen LogP contribution in [-0.2, 0) is 9.53 Å². The second-order valence-electron chi connectivity index (χ2n) is 6.26. The van der Waals surface area contributed by atoms with Crippen molar-refractivity contribution in [2.45, 2.75) is 13.8 Å². The zero-order chi connectivity index (χ0) is 19.7. The van der Waals surface area contributed by atoms with Gasteiger partial charge < -0.3 is 18.3 Å². The highest BCUT2D eigenvalue weighted by molar-refractivity contribution is 5.87. The molecule has 2 heterocycles. The lowest BCUT2D eigenvalue weighted by Crippen LogP contribution is -2.14. The van der Waals surface area contributed by atoms with Crippen LogP contribution in [0, 0.1) is 6.92 Å². The average Bonchev–Trinajstić information content (AvgIpc) is 3.10. The van der Waals surface area contributed by atoms with Gasteiger partial charge in [0.2, 0.25) is 5.43 Å². The molecule has 0 saturated carbocycles. The zero-order valence-electron chi connectivity index (χ0n) is 15.5. The van der Waals surface area contributed by atoms with Crippen LogP contribution in [0.15, 0.2) is 62.2 Å². The Morgan fingerprint density at radius 3 is 2.64 bits per heavy atom. The number of benzene rings is 2. The van der Waals surface area contributed by atoms with Crippen LogP contribution in [-0.4, -0.2) is 19.2 Å². The van der Waals surface area contributed by atoms with E-state index in [1.807, 2.05) is 30.3 Å². The van der Waals surface area contributed by atoms with E-state index in [0.717, 1.165) is 5.39 Å². The number of esters is 1. The number of furan rings is 1. The number of carbonyl (C=O) groups excluding carboxylic acids is 1. The molecule has 0 unspecified atom stereocenters. The Kier molecular flexibility index (Phi) is 4.61. The SMILES string of the molecule is CCOC(=O)COc1ccc2c(=O)c(-c3cc4ccccc4o3)c(C)oc2c1. The molecule has 0 bridgehead atoms. The fraction of sp³-hybridized carbons (Fsp3) is 0.182. The largest absolute Gasteiger partial charge is 0.482 e. The van der Waals surface area contributed by atoms with Gasteiger partial charge in [0.1, 0.15) is 34.0 Å². The molecule has 0 aliphatic rings. The van der Waals surface area contributed by atoms with E-state index in [4.69, 9.17) is 18.3 Å². The summed E-state index contributed by atoms with van der Waals surface area (Å²) < 4.78 is 21.9. The van der Waals surface area contributed by atoms with Gasteiger partial charge in [0.25, 0.3) is 0 Å². The van der Waals surface area contributed by atoms with Gasteiger partial charge in [0, 0.05) is 11.5 Å². The molecule has 28 heavy (non-hydrogen) atoms. The van der Waals surface area contributed by atoms with Gasteiger partial charge in [0.15, 0.2) is 6.61 Å². The number of hydrogen-bond acceptors (Lipinski definition) is 6.